The smallest absolute Gasteiger partial charge is 0.408 e. The molecule has 1 aliphatic carbocycles. The van der Waals surface area contributed by atoms with E-state index in [2.05, 4.69) is 11.1 Å². The highest BCUT2D eigenvalue weighted by atomic mass is 16.4. The first-order valence-electron chi connectivity index (χ1n) is 6.57. The molecule has 0 aliphatic heterocycles. The van der Waals surface area contributed by atoms with Gasteiger partial charge in [0.1, 0.15) is 0 Å². The number of nitrogens with one attached hydrogen (secondary N) is 1. The lowest BCUT2D eigenvalue weighted by atomic mass is 9.69. The van der Waals surface area contributed by atoms with E-state index in [1.54, 1.807) is 0 Å². The second-order valence-electron chi connectivity index (χ2n) is 5.27. The number of oxazole rings is 1. The minimum absolute atomic E-state index is 0.0717. The lowest BCUT2D eigenvalue weighted by Crippen LogP contribution is -2.37. The van der Waals surface area contributed by atoms with Crippen molar-refractivity contribution < 1.29 is 4.42 Å². The highest BCUT2D eigenvalue weighted by molar-refractivity contribution is 5.73. The molecule has 3 N–H and O–H groups in total. The average molecular weight is 246 g/mol. The molecule has 0 saturated heterocycles. The van der Waals surface area contributed by atoms with E-state index in [9.17, 15) is 4.79 Å². The van der Waals surface area contributed by atoms with Crippen LogP contribution in [0.4, 0.5) is 0 Å². The van der Waals surface area contributed by atoms with E-state index in [0.717, 1.165) is 18.4 Å². The molecule has 0 radical (unpaired) electrons. The maximum absolute atomic E-state index is 11.2. The van der Waals surface area contributed by atoms with Crippen molar-refractivity contribution in [1.82, 2.24) is 4.98 Å². The molecule has 0 spiro atoms. The van der Waals surface area contributed by atoms with Crippen LogP contribution in [0.2, 0.25) is 0 Å². The van der Waals surface area contributed by atoms with Crippen molar-refractivity contribution in [1.29, 1.82) is 0 Å². The first kappa shape index (κ1) is 11.5. The van der Waals surface area contributed by atoms with E-state index in [1.165, 1.54) is 24.8 Å². The first-order chi connectivity index (χ1) is 8.73. The van der Waals surface area contributed by atoms with Gasteiger partial charge in [0, 0.05) is 12.0 Å². The van der Waals surface area contributed by atoms with Crippen molar-refractivity contribution in [3.05, 3.63) is 34.3 Å². The Morgan fingerprint density at radius 3 is 2.78 bits per heavy atom. The molecule has 4 nitrogen and oxygen atoms in total. The van der Waals surface area contributed by atoms with Crippen molar-refractivity contribution in [2.24, 2.45) is 5.73 Å². The third kappa shape index (κ3) is 1.77. The number of rotatable bonds is 2. The molecule has 1 aromatic heterocycles. The Balaban J connectivity index is 2.08. The summed E-state index contributed by atoms with van der Waals surface area (Å²) in [5.74, 6) is -0.396. The molecule has 4 heteroatoms. The van der Waals surface area contributed by atoms with E-state index in [-0.39, 0.29) is 5.41 Å². The van der Waals surface area contributed by atoms with Crippen LogP contribution >= 0.6 is 0 Å². The summed E-state index contributed by atoms with van der Waals surface area (Å²) in [6, 6.07) is 5.97. The Labute approximate surface area is 105 Å². The fraction of sp³-hybridized carbons (Fsp3) is 0.500. The molecular formula is C14H18N2O2. The predicted molar refractivity (Wildman–Crippen MR) is 70.7 cm³/mol. The quantitative estimate of drug-likeness (QED) is 0.853. The predicted octanol–water partition coefficient (Wildman–Crippen LogP) is 2.28. The number of aromatic nitrogens is 1. The number of fused-ring (bicyclic) bond motifs is 1. The molecule has 18 heavy (non-hydrogen) atoms. The van der Waals surface area contributed by atoms with Gasteiger partial charge in [0.05, 0.1) is 5.52 Å². The monoisotopic (exact) mass is 246 g/mol. The molecule has 3 rings (SSSR count). The minimum Gasteiger partial charge on any atom is -0.408 e. The highest BCUT2D eigenvalue weighted by Gasteiger charge is 2.32. The molecule has 0 unspecified atom stereocenters. The maximum Gasteiger partial charge on any atom is 0.417 e. The lowest BCUT2D eigenvalue weighted by molar-refractivity contribution is 0.301. The van der Waals surface area contributed by atoms with Crippen LogP contribution in [-0.2, 0) is 5.41 Å². The topological polar surface area (TPSA) is 72.0 Å². The maximum atomic E-state index is 11.2. The van der Waals surface area contributed by atoms with Gasteiger partial charge in [-0.3, -0.25) is 4.98 Å². The summed E-state index contributed by atoms with van der Waals surface area (Å²) in [4.78, 5) is 13.8. The van der Waals surface area contributed by atoms with E-state index in [0.29, 0.717) is 12.1 Å². The normalized spacial score (nSPS) is 19.2. The summed E-state index contributed by atoms with van der Waals surface area (Å²) in [5, 5.41) is 0. The van der Waals surface area contributed by atoms with Crippen molar-refractivity contribution in [2.45, 2.75) is 37.5 Å². The van der Waals surface area contributed by atoms with Crippen LogP contribution in [-0.4, -0.2) is 11.5 Å². The molecule has 1 heterocycles. The van der Waals surface area contributed by atoms with Gasteiger partial charge in [-0.2, -0.15) is 0 Å². The molecule has 1 aromatic carbocycles. The van der Waals surface area contributed by atoms with Gasteiger partial charge in [-0.25, -0.2) is 4.79 Å². The van der Waals surface area contributed by atoms with Crippen LogP contribution in [0.1, 0.15) is 37.7 Å². The molecule has 1 saturated carbocycles. The van der Waals surface area contributed by atoms with Crippen LogP contribution in [0.25, 0.3) is 11.1 Å². The molecule has 0 amide bonds. The molecule has 1 fully saturated rings. The zero-order valence-electron chi connectivity index (χ0n) is 10.4. The zero-order chi connectivity index (χ0) is 12.6. The Kier molecular flexibility index (Phi) is 2.74. The Hall–Kier alpha value is -1.55. The third-order valence-corrected chi connectivity index (χ3v) is 4.23. The molecule has 0 atom stereocenters. The number of benzene rings is 1. The number of aromatic amines is 1. The number of H-pyrrole nitrogens is 1. The van der Waals surface area contributed by atoms with Crippen molar-refractivity contribution >= 4 is 11.1 Å². The summed E-state index contributed by atoms with van der Waals surface area (Å²) >= 11 is 0. The summed E-state index contributed by atoms with van der Waals surface area (Å²) in [6.07, 6.45) is 6.01. The van der Waals surface area contributed by atoms with Gasteiger partial charge in [-0.15, -0.1) is 0 Å². The van der Waals surface area contributed by atoms with E-state index < -0.39 is 5.76 Å². The second kappa shape index (κ2) is 4.28. The molecular weight excluding hydrogens is 228 g/mol. The molecule has 2 aromatic rings. The van der Waals surface area contributed by atoms with Crippen molar-refractivity contribution in [2.75, 3.05) is 6.54 Å². The van der Waals surface area contributed by atoms with Crippen molar-refractivity contribution in [3.63, 3.8) is 0 Å². The van der Waals surface area contributed by atoms with Gasteiger partial charge in [-0.05, 0) is 30.5 Å². The summed E-state index contributed by atoms with van der Waals surface area (Å²) in [7, 11) is 0. The zero-order valence-corrected chi connectivity index (χ0v) is 10.4. The fourth-order valence-electron chi connectivity index (χ4n) is 3.11. The lowest BCUT2D eigenvalue weighted by Gasteiger charge is -2.36. The van der Waals surface area contributed by atoms with Crippen LogP contribution in [0, 0.1) is 0 Å². The summed E-state index contributed by atoms with van der Waals surface area (Å²) < 4.78 is 5.14. The van der Waals surface area contributed by atoms with E-state index in [1.807, 2.05) is 12.1 Å². The summed E-state index contributed by atoms with van der Waals surface area (Å²) in [6.45, 7) is 0.660. The standard InChI is InChI=1S/C14H18N2O2/c15-9-14(6-2-1-3-7-14)10-4-5-11-12(8-10)18-13(17)16-11/h4-5,8H,1-3,6-7,9,15H2,(H,16,17). The number of hydrogen-bond donors (Lipinski definition) is 2. The first-order valence-corrected chi connectivity index (χ1v) is 6.57. The van der Waals surface area contributed by atoms with Gasteiger partial charge in [0.25, 0.3) is 0 Å². The van der Waals surface area contributed by atoms with Gasteiger partial charge < -0.3 is 10.2 Å². The minimum atomic E-state index is -0.396. The average Bonchev–Trinajstić information content (AvgIpc) is 2.78. The molecule has 96 valence electrons. The van der Waals surface area contributed by atoms with Crippen molar-refractivity contribution in [3.8, 4) is 0 Å². The van der Waals surface area contributed by atoms with Crippen LogP contribution in [0.3, 0.4) is 0 Å². The Morgan fingerprint density at radius 1 is 1.28 bits per heavy atom. The number of nitrogens with two attached hydrogens (primary N) is 1. The molecule has 1 aliphatic rings. The Bertz CT molecular complexity index is 606. The van der Waals surface area contributed by atoms with Crippen LogP contribution < -0.4 is 11.5 Å². The third-order valence-electron chi connectivity index (χ3n) is 4.23. The summed E-state index contributed by atoms with van der Waals surface area (Å²) in [5.41, 5.74) is 8.69. The SMILES string of the molecule is NCC1(c2ccc3[nH]c(=O)oc3c2)CCCCC1. The number of hydrogen-bond acceptors (Lipinski definition) is 3. The van der Waals surface area contributed by atoms with Gasteiger partial charge >= 0.3 is 5.76 Å². The van der Waals surface area contributed by atoms with Gasteiger partial charge in [0.2, 0.25) is 0 Å². The largest absolute Gasteiger partial charge is 0.417 e. The van der Waals surface area contributed by atoms with Gasteiger partial charge in [-0.1, -0.05) is 25.3 Å². The van der Waals surface area contributed by atoms with Crippen LogP contribution in [0.5, 0.6) is 0 Å². The molecule has 0 bridgehead atoms. The second-order valence-corrected chi connectivity index (χ2v) is 5.27. The van der Waals surface area contributed by atoms with E-state index >= 15 is 0 Å². The Morgan fingerprint density at radius 2 is 2.06 bits per heavy atom. The van der Waals surface area contributed by atoms with Crippen LogP contribution in [0.15, 0.2) is 27.4 Å². The highest BCUT2D eigenvalue weighted by Crippen LogP contribution is 2.39. The van der Waals surface area contributed by atoms with E-state index in [4.69, 9.17) is 10.2 Å². The fourth-order valence-corrected chi connectivity index (χ4v) is 3.11. The van der Waals surface area contributed by atoms with Gasteiger partial charge in [0.15, 0.2) is 5.58 Å².